The van der Waals surface area contributed by atoms with E-state index < -0.39 is 0 Å². The summed E-state index contributed by atoms with van der Waals surface area (Å²) in [7, 11) is 0. The highest BCUT2D eigenvalue weighted by molar-refractivity contribution is 5.75. The van der Waals surface area contributed by atoms with Gasteiger partial charge in [-0.3, -0.25) is 0 Å². The lowest BCUT2D eigenvalue weighted by atomic mass is 10.1. The summed E-state index contributed by atoms with van der Waals surface area (Å²) in [6, 6.07) is 10.5. The molecule has 0 fully saturated rings. The van der Waals surface area contributed by atoms with E-state index in [1.165, 1.54) is 16.7 Å². The van der Waals surface area contributed by atoms with Crippen molar-refractivity contribution in [2.45, 2.75) is 19.8 Å². The third-order valence-electron chi connectivity index (χ3n) is 2.71. The third kappa shape index (κ3) is 2.47. The molecule has 0 spiro atoms. The van der Waals surface area contributed by atoms with Gasteiger partial charge in [0.1, 0.15) is 0 Å². The highest BCUT2D eigenvalue weighted by Crippen LogP contribution is 2.21. The predicted molar refractivity (Wildman–Crippen MR) is 66.6 cm³/mol. The second kappa shape index (κ2) is 4.79. The van der Waals surface area contributed by atoms with Crippen LogP contribution >= 0.6 is 0 Å². The van der Waals surface area contributed by atoms with Gasteiger partial charge in [-0.05, 0) is 24.0 Å². The molecule has 0 aromatic heterocycles. The molecule has 0 heteroatoms. The molecule has 2 rings (SSSR count). The molecule has 0 amide bonds. The number of hydrogen-bond acceptors (Lipinski definition) is 0. The summed E-state index contributed by atoms with van der Waals surface area (Å²) in [5, 5.41) is 0. The van der Waals surface area contributed by atoms with Crippen molar-refractivity contribution in [1.82, 2.24) is 0 Å². The van der Waals surface area contributed by atoms with Crippen LogP contribution in [0.4, 0.5) is 0 Å². The lowest BCUT2D eigenvalue weighted by Gasteiger charge is -2.00. The quantitative estimate of drug-likeness (QED) is 0.659. The largest absolute Gasteiger partial charge is 0.0775 e. The maximum atomic E-state index is 2.30. The van der Waals surface area contributed by atoms with Crippen LogP contribution in [0.1, 0.15) is 25.3 Å². The first-order valence-electron chi connectivity index (χ1n) is 5.53. The summed E-state index contributed by atoms with van der Waals surface area (Å²) in [6.07, 6.45) is 11.2. The first kappa shape index (κ1) is 9.97. The minimum Gasteiger partial charge on any atom is -0.0775 e. The molecule has 1 aromatic carbocycles. The van der Waals surface area contributed by atoms with Gasteiger partial charge in [0.05, 0.1) is 0 Å². The molecule has 1 aromatic rings. The zero-order valence-corrected chi connectivity index (χ0v) is 9.11. The van der Waals surface area contributed by atoms with Crippen molar-refractivity contribution in [2.75, 3.05) is 0 Å². The molecule has 15 heavy (non-hydrogen) atoms. The van der Waals surface area contributed by atoms with E-state index in [0.29, 0.717) is 0 Å². The van der Waals surface area contributed by atoms with E-state index in [4.69, 9.17) is 0 Å². The summed E-state index contributed by atoms with van der Waals surface area (Å²) in [5.74, 6) is 0. The highest BCUT2D eigenvalue weighted by Gasteiger charge is 1.99. The normalized spacial score (nSPS) is 15.5. The molecule has 76 valence electrons. The summed E-state index contributed by atoms with van der Waals surface area (Å²) in [6.45, 7) is 2.20. The van der Waals surface area contributed by atoms with Crippen LogP contribution in [0.5, 0.6) is 0 Å². The van der Waals surface area contributed by atoms with Crippen molar-refractivity contribution in [3.63, 3.8) is 0 Å². The number of allylic oxidation sites excluding steroid dienone is 6. The van der Waals surface area contributed by atoms with E-state index >= 15 is 0 Å². The summed E-state index contributed by atoms with van der Waals surface area (Å²) < 4.78 is 0. The van der Waals surface area contributed by atoms with Crippen molar-refractivity contribution in [2.24, 2.45) is 0 Å². The van der Waals surface area contributed by atoms with Crippen LogP contribution in [0.15, 0.2) is 60.2 Å². The molecular weight excluding hydrogens is 180 g/mol. The fraction of sp³-hybridized carbons (Fsp3) is 0.200. The van der Waals surface area contributed by atoms with Crippen LogP contribution in [-0.4, -0.2) is 0 Å². The Balaban J connectivity index is 2.24. The van der Waals surface area contributed by atoms with Gasteiger partial charge in [-0.15, -0.1) is 0 Å². The van der Waals surface area contributed by atoms with E-state index in [2.05, 4.69) is 61.6 Å². The first-order chi connectivity index (χ1) is 7.40. The van der Waals surface area contributed by atoms with E-state index in [9.17, 15) is 0 Å². The van der Waals surface area contributed by atoms with Crippen LogP contribution in [0, 0.1) is 0 Å². The number of benzene rings is 1. The van der Waals surface area contributed by atoms with Gasteiger partial charge in [0.25, 0.3) is 0 Å². The smallest absolute Gasteiger partial charge is 0.0154 e. The number of rotatable bonds is 2. The van der Waals surface area contributed by atoms with Crippen LogP contribution < -0.4 is 0 Å². The molecule has 0 aliphatic heterocycles. The second-order valence-corrected chi connectivity index (χ2v) is 3.73. The van der Waals surface area contributed by atoms with E-state index in [-0.39, 0.29) is 0 Å². The predicted octanol–water partition coefficient (Wildman–Crippen LogP) is 4.37. The zero-order valence-electron chi connectivity index (χ0n) is 9.11. The van der Waals surface area contributed by atoms with Crippen LogP contribution in [0.25, 0.3) is 5.57 Å². The maximum absolute atomic E-state index is 2.30. The fourth-order valence-electron chi connectivity index (χ4n) is 1.78. The minimum absolute atomic E-state index is 1.04. The van der Waals surface area contributed by atoms with E-state index in [1.807, 2.05) is 0 Å². The summed E-state index contributed by atoms with van der Waals surface area (Å²) in [5.41, 5.74) is 4.06. The molecule has 0 atom stereocenters. The Morgan fingerprint density at radius 2 is 1.80 bits per heavy atom. The highest BCUT2D eigenvalue weighted by atomic mass is 14.0. The third-order valence-corrected chi connectivity index (χ3v) is 2.71. The molecule has 0 unspecified atom stereocenters. The Morgan fingerprint density at radius 3 is 2.53 bits per heavy atom. The van der Waals surface area contributed by atoms with Crippen molar-refractivity contribution in [3.05, 3.63) is 65.8 Å². The van der Waals surface area contributed by atoms with Gasteiger partial charge in [-0.1, -0.05) is 67.1 Å². The average molecular weight is 196 g/mol. The monoisotopic (exact) mass is 196 g/mol. The van der Waals surface area contributed by atoms with Gasteiger partial charge in [-0.25, -0.2) is 0 Å². The van der Waals surface area contributed by atoms with E-state index in [0.717, 1.165) is 12.8 Å². The van der Waals surface area contributed by atoms with Gasteiger partial charge in [0, 0.05) is 0 Å². The lowest BCUT2D eigenvalue weighted by Crippen LogP contribution is -1.78. The topological polar surface area (TPSA) is 0 Å². The molecule has 0 heterocycles. The molecule has 0 N–H and O–H groups in total. The molecule has 0 nitrogen and oxygen atoms in total. The van der Waals surface area contributed by atoms with Gasteiger partial charge in [0.15, 0.2) is 0 Å². The summed E-state index contributed by atoms with van der Waals surface area (Å²) >= 11 is 0. The summed E-state index contributed by atoms with van der Waals surface area (Å²) in [4.78, 5) is 0. The molecule has 0 bridgehead atoms. The number of hydrogen-bond donors (Lipinski definition) is 0. The zero-order chi connectivity index (χ0) is 10.5. The molecule has 0 saturated carbocycles. The molecule has 1 aliphatic rings. The molecule has 0 radical (unpaired) electrons. The lowest BCUT2D eigenvalue weighted by molar-refractivity contribution is 1.13. The van der Waals surface area contributed by atoms with Crippen molar-refractivity contribution in [1.29, 1.82) is 0 Å². The standard InChI is InChI=1S/C15H16/c1-2-13-7-6-10-15(12-11-13)14-8-4-3-5-9-14/h3-5,7-12H,2,6H2,1H3. The SMILES string of the molecule is CCC1=CCC=C(c2ccccc2)C=C1. The average Bonchev–Trinajstić information content (AvgIpc) is 2.55. The Bertz CT molecular complexity index is 405. The van der Waals surface area contributed by atoms with Gasteiger partial charge < -0.3 is 0 Å². The minimum atomic E-state index is 1.04. The van der Waals surface area contributed by atoms with Crippen LogP contribution in [0.2, 0.25) is 0 Å². The van der Waals surface area contributed by atoms with Crippen molar-refractivity contribution < 1.29 is 0 Å². The molecular formula is C15H16. The van der Waals surface area contributed by atoms with Crippen LogP contribution in [-0.2, 0) is 0 Å². The van der Waals surface area contributed by atoms with E-state index in [1.54, 1.807) is 0 Å². The van der Waals surface area contributed by atoms with Gasteiger partial charge >= 0.3 is 0 Å². The van der Waals surface area contributed by atoms with Crippen molar-refractivity contribution >= 4 is 5.57 Å². The fourth-order valence-corrected chi connectivity index (χ4v) is 1.78. The van der Waals surface area contributed by atoms with Crippen molar-refractivity contribution in [3.8, 4) is 0 Å². The van der Waals surface area contributed by atoms with Gasteiger partial charge in [0.2, 0.25) is 0 Å². The molecule has 0 saturated heterocycles. The van der Waals surface area contributed by atoms with Gasteiger partial charge in [-0.2, -0.15) is 0 Å². The first-order valence-corrected chi connectivity index (χ1v) is 5.53. The maximum Gasteiger partial charge on any atom is -0.0154 e. The van der Waals surface area contributed by atoms with Crippen LogP contribution in [0.3, 0.4) is 0 Å². The Kier molecular flexibility index (Phi) is 3.18. The Hall–Kier alpha value is -1.56. The Labute approximate surface area is 91.6 Å². The molecule has 1 aliphatic carbocycles. The second-order valence-electron chi connectivity index (χ2n) is 3.73. The Morgan fingerprint density at radius 1 is 1.00 bits per heavy atom.